The topological polar surface area (TPSA) is 37.4 Å². The van der Waals surface area contributed by atoms with Crippen LogP contribution < -0.4 is 10.2 Å². The van der Waals surface area contributed by atoms with Crippen LogP contribution in [-0.2, 0) is 17.9 Å². The standard InChI is InChI=1S/C16H29N3OS/c1-4-6-13-7-5-9-19(10-8-13)16-18-14(12-20-3)15(21-16)11-17-2/h13,17H,4-12H2,1-3H3. The van der Waals surface area contributed by atoms with Crippen LogP contribution in [-0.4, -0.2) is 32.2 Å². The Labute approximate surface area is 132 Å². The van der Waals surface area contributed by atoms with Crippen molar-refractivity contribution < 1.29 is 4.74 Å². The van der Waals surface area contributed by atoms with E-state index in [2.05, 4.69) is 17.1 Å². The third-order valence-electron chi connectivity index (χ3n) is 4.20. The Balaban J connectivity index is 2.04. The monoisotopic (exact) mass is 311 g/mol. The first-order valence-corrected chi connectivity index (χ1v) is 8.97. The van der Waals surface area contributed by atoms with Crippen molar-refractivity contribution in [2.24, 2.45) is 5.92 Å². The van der Waals surface area contributed by atoms with E-state index in [-0.39, 0.29) is 0 Å². The molecule has 0 aromatic carbocycles. The Kier molecular flexibility index (Phi) is 6.93. The lowest BCUT2D eigenvalue weighted by Crippen LogP contribution is -2.24. The van der Waals surface area contributed by atoms with E-state index in [1.807, 2.05) is 18.4 Å². The summed E-state index contributed by atoms with van der Waals surface area (Å²) in [5.41, 5.74) is 1.10. The zero-order valence-electron chi connectivity index (χ0n) is 13.7. The summed E-state index contributed by atoms with van der Waals surface area (Å²) < 4.78 is 5.29. The van der Waals surface area contributed by atoms with Gasteiger partial charge in [-0.25, -0.2) is 4.98 Å². The minimum absolute atomic E-state index is 0.611. The Morgan fingerprint density at radius 3 is 2.95 bits per heavy atom. The fourth-order valence-corrected chi connectivity index (χ4v) is 4.23. The smallest absolute Gasteiger partial charge is 0.185 e. The molecular weight excluding hydrogens is 282 g/mol. The van der Waals surface area contributed by atoms with Gasteiger partial charge >= 0.3 is 0 Å². The van der Waals surface area contributed by atoms with Crippen molar-refractivity contribution in [3.05, 3.63) is 10.6 Å². The van der Waals surface area contributed by atoms with Crippen LogP contribution in [0.15, 0.2) is 0 Å². The number of hydrogen-bond donors (Lipinski definition) is 1. The van der Waals surface area contributed by atoms with Crippen molar-refractivity contribution in [1.29, 1.82) is 0 Å². The molecule has 1 aromatic heterocycles. The zero-order chi connectivity index (χ0) is 15.1. The van der Waals surface area contributed by atoms with E-state index >= 15 is 0 Å². The van der Waals surface area contributed by atoms with Crippen LogP contribution in [0.2, 0.25) is 0 Å². The zero-order valence-corrected chi connectivity index (χ0v) is 14.5. The van der Waals surface area contributed by atoms with Gasteiger partial charge in [-0.3, -0.25) is 0 Å². The molecule has 1 fully saturated rings. The summed E-state index contributed by atoms with van der Waals surface area (Å²) in [4.78, 5) is 8.63. The van der Waals surface area contributed by atoms with Crippen molar-refractivity contribution >= 4 is 16.5 Å². The van der Waals surface area contributed by atoms with Crippen LogP contribution >= 0.6 is 11.3 Å². The average molecular weight is 311 g/mol. The summed E-state index contributed by atoms with van der Waals surface area (Å²) in [6.07, 6.45) is 6.68. The second-order valence-corrected chi connectivity index (χ2v) is 6.96. The number of ether oxygens (including phenoxy) is 1. The van der Waals surface area contributed by atoms with Crippen LogP contribution in [0.5, 0.6) is 0 Å². The van der Waals surface area contributed by atoms with E-state index in [4.69, 9.17) is 9.72 Å². The number of nitrogens with zero attached hydrogens (tertiary/aromatic N) is 2. The molecule has 2 rings (SSSR count). The van der Waals surface area contributed by atoms with E-state index in [1.165, 1.54) is 42.1 Å². The highest BCUT2D eigenvalue weighted by molar-refractivity contribution is 7.15. The minimum atomic E-state index is 0.611. The van der Waals surface area contributed by atoms with Gasteiger partial charge in [0.05, 0.1) is 12.3 Å². The molecule has 4 nitrogen and oxygen atoms in total. The summed E-state index contributed by atoms with van der Waals surface area (Å²) in [7, 11) is 3.72. The molecule has 0 amide bonds. The number of nitrogens with one attached hydrogen (secondary N) is 1. The highest BCUT2D eigenvalue weighted by atomic mass is 32.1. The summed E-state index contributed by atoms with van der Waals surface area (Å²) in [6, 6.07) is 0. The Morgan fingerprint density at radius 2 is 2.24 bits per heavy atom. The van der Waals surface area contributed by atoms with Gasteiger partial charge in [-0.2, -0.15) is 0 Å². The molecule has 21 heavy (non-hydrogen) atoms. The van der Waals surface area contributed by atoms with Gasteiger partial charge in [-0.15, -0.1) is 11.3 Å². The molecule has 1 atom stereocenters. The molecule has 1 N–H and O–H groups in total. The van der Waals surface area contributed by atoms with Crippen molar-refractivity contribution in [3.63, 3.8) is 0 Å². The molecule has 0 bridgehead atoms. The number of methoxy groups -OCH3 is 1. The minimum Gasteiger partial charge on any atom is -0.378 e. The molecule has 0 aliphatic carbocycles. The first kappa shape index (κ1) is 16.7. The molecule has 1 unspecified atom stereocenters. The number of hydrogen-bond acceptors (Lipinski definition) is 5. The Bertz CT molecular complexity index is 398. The van der Waals surface area contributed by atoms with Gasteiger partial charge in [-0.1, -0.05) is 19.8 Å². The summed E-state index contributed by atoms with van der Waals surface area (Å²) >= 11 is 1.83. The van der Waals surface area contributed by atoms with Crippen LogP contribution in [0, 0.1) is 5.92 Å². The first-order valence-electron chi connectivity index (χ1n) is 8.15. The summed E-state index contributed by atoms with van der Waals surface area (Å²) in [5.74, 6) is 0.912. The third-order valence-corrected chi connectivity index (χ3v) is 5.36. The molecule has 0 radical (unpaired) electrons. The predicted molar refractivity (Wildman–Crippen MR) is 90.1 cm³/mol. The molecule has 1 aliphatic rings. The van der Waals surface area contributed by atoms with E-state index in [0.29, 0.717) is 6.61 Å². The van der Waals surface area contributed by atoms with Gasteiger partial charge in [0.25, 0.3) is 0 Å². The van der Waals surface area contributed by atoms with Crippen molar-refractivity contribution in [1.82, 2.24) is 10.3 Å². The molecule has 1 aromatic rings. The Hall–Kier alpha value is -0.650. The van der Waals surface area contributed by atoms with Gasteiger partial charge in [-0.05, 0) is 32.2 Å². The molecule has 0 spiro atoms. The van der Waals surface area contributed by atoms with E-state index in [1.54, 1.807) is 7.11 Å². The number of aromatic nitrogens is 1. The lowest BCUT2D eigenvalue weighted by molar-refractivity contribution is 0.181. The quantitative estimate of drug-likeness (QED) is 0.837. The molecule has 5 heteroatoms. The molecule has 120 valence electrons. The average Bonchev–Trinajstić information content (AvgIpc) is 2.71. The van der Waals surface area contributed by atoms with Gasteiger partial charge in [0.15, 0.2) is 5.13 Å². The highest BCUT2D eigenvalue weighted by Gasteiger charge is 2.20. The number of anilines is 1. The SMILES string of the molecule is CCCC1CCCN(c2nc(COC)c(CNC)s2)CC1. The second-order valence-electron chi connectivity index (χ2n) is 5.90. The maximum absolute atomic E-state index is 5.29. The fourth-order valence-electron chi connectivity index (χ4n) is 3.11. The molecule has 1 aliphatic heterocycles. The maximum Gasteiger partial charge on any atom is 0.185 e. The predicted octanol–water partition coefficient (Wildman–Crippen LogP) is 3.42. The summed E-state index contributed by atoms with van der Waals surface area (Å²) in [5, 5.41) is 4.42. The highest BCUT2D eigenvalue weighted by Crippen LogP contribution is 2.30. The van der Waals surface area contributed by atoms with E-state index in [0.717, 1.165) is 31.2 Å². The van der Waals surface area contributed by atoms with Gasteiger partial charge in [0.2, 0.25) is 0 Å². The lowest BCUT2D eigenvalue weighted by Gasteiger charge is -2.19. The molecule has 0 saturated carbocycles. The van der Waals surface area contributed by atoms with Crippen LogP contribution in [0.3, 0.4) is 0 Å². The van der Waals surface area contributed by atoms with Crippen molar-refractivity contribution in [2.45, 2.75) is 52.2 Å². The van der Waals surface area contributed by atoms with Crippen LogP contribution in [0.4, 0.5) is 5.13 Å². The van der Waals surface area contributed by atoms with Gasteiger partial charge in [0, 0.05) is 31.6 Å². The number of thiazole rings is 1. The fraction of sp³-hybridized carbons (Fsp3) is 0.812. The molecular formula is C16H29N3OS. The van der Waals surface area contributed by atoms with E-state index < -0.39 is 0 Å². The Morgan fingerprint density at radius 1 is 1.38 bits per heavy atom. The lowest BCUT2D eigenvalue weighted by atomic mass is 9.96. The van der Waals surface area contributed by atoms with Crippen LogP contribution in [0.1, 0.15) is 49.6 Å². The summed E-state index contributed by atoms with van der Waals surface area (Å²) in [6.45, 7) is 6.09. The normalized spacial score (nSPS) is 19.8. The maximum atomic E-state index is 5.29. The second kappa shape index (κ2) is 8.71. The van der Waals surface area contributed by atoms with Crippen LogP contribution in [0.25, 0.3) is 0 Å². The van der Waals surface area contributed by atoms with E-state index in [9.17, 15) is 0 Å². The van der Waals surface area contributed by atoms with Gasteiger partial charge in [0.1, 0.15) is 0 Å². The first-order chi connectivity index (χ1) is 10.3. The third kappa shape index (κ3) is 4.66. The molecule has 2 heterocycles. The largest absolute Gasteiger partial charge is 0.378 e. The van der Waals surface area contributed by atoms with Gasteiger partial charge < -0.3 is 15.0 Å². The van der Waals surface area contributed by atoms with Crippen molar-refractivity contribution in [3.8, 4) is 0 Å². The molecule has 1 saturated heterocycles. The van der Waals surface area contributed by atoms with Crippen molar-refractivity contribution in [2.75, 3.05) is 32.1 Å². The number of rotatable bonds is 7.